The summed E-state index contributed by atoms with van der Waals surface area (Å²) in [4.78, 5) is 14.9. The Labute approximate surface area is 303 Å². The first-order valence-electron chi connectivity index (χ1n) is 21.3. The molecule has 0 radical (unpaired) electrons. The molecule has 284 valence electrons. The van der Waals surface area contributed by atoms with Crippen LogP contribution >= 0.6 is 0 Å². The molecular weight excluding hydrogens is 606 g/mol. The predicted octanol–water partition coefficient (Wildman–Crippen LogP) is 11.0. The number of carbonyl (C=O) groups is 1. The smallest absolute Gasteiger partial charge is 0.302 e. The van der Waals surface area contributed by atoms with Gasteiger partial charge in [-0.15, -0.1) is 0 Å². The zero-order valence-electron chi connectivity index (χ0n) is 33.6. The SMILES string of the molecule is CCCCOCCCN(CCCOCCCC)CC1=C2C[C@@H](OC(C)=O)CC[C@]2(C)[C@H]2CC[C@]3(C)[C@@H]([C@H](C)CCCC(C)C)CC[C@H]3[C@@H]2C1. The summed E-state index contributed by atoms with van der Waals surface area (Å²) in [6, 6.07) is 0. The van der Waals surface area contributed by atoms with Gasteiger partial charge in [0, 0.05) is 59.4 Å². The van der Waals surface area contributed by atoms with Gasteiger partial charge in [0.25, 0.3) is 0 Å². The second-order valence-electron chi connectivity index (χ2n) is 18.0. The standard InChI is InChI=1S/C44H79NO4/c1-9-11-26-47-28-14-24-45(25-15-29-48-27-12-10-2)32-36-30-38-40-19-18-39(34(5)17-13-16-33(3)4)43(40,7)23-21-41(38)44(8)22-20-37(31-42(36)44)49-35(6)46/h33-34,37-41H,9-32H2,1-8H3/t34-,37+,38+,39-,40+,41+,43-,44-/m1/s1. The molecule has 8 atom stereocenters. The van der Waals surface area contributed by atoms with E-state index in [4.69, 9.17) is 14.2 Å². The van der Waals surface area contributed by atoms with E-state index in [9.17, 15) is 4.79 Å². The van der Waals surface area contributed by atoms with Gasteiger partial charge in [-0.2, -0.15) is 0 Å². The van der Waals surface area contributed by atoms with Crippen molar-refractivity contribution in [3.8, 4) is 0 Å². The lowest BCUT2D eigenvalue weighted by Gasteiger charge is -2.60. The van der Waals surface area contributed by atoms with Gasteiger partial charge >= 0.3 is 5.97 Å². The average molecular weight is 686 g/mol. The van der Waals surface area contributed by atoms with E-state index in [1.807, 2.05) is 0 Å². The van der Waals surface area contributed by atoms with Crippen molar-refractivity contribution in [3.63, 3.8) is 0 Å². The summed E-state index contributed by atoms with van der Waals surface area (Å²) in [5, 5.41) is 0. The van der Waals surface area contributed by atoms with Crippen LogP contribution in [0.1, 0.15) is 165 Å². The normalized spacial score (nSPS) is 31.9. The second-order valence-corrected chi connectivity index (χ2v) is 18.0. The Bertz CT molecular complexity index is 1010. The van der Waals surface area contributed by atoms with E-state index in [1.54, 1.807) is 18.1 Å². The summed E-state index contributed by atoms with van der Waals surface area (Å²) in [5.74, 6) is 4.81. The first kappa shape index (κ1) is 40.9. The minimum atomic E-state index is -0.120. The highest BCUT2D eigenvalue weighted by atomic mass is 16.5. The Morgan fingerprint density at radius 1 is 0.796 bits per heavy atom. The molecule has 0 spiro atoms. The Morgan fingerprint density at radius 3 is 2.06 bits per heavy atom. The molecule has 0 aromatic heterocycles. The molecule has 0 heterocycles. The van der Waals surface area contributed by atoms with Crippen LogP contribution < -0.4 is 0 Å². The zero-order valence-corrected chi connectivity index (χ0v) is 33.6. The minimum Gasteiger partial charge on any atom is -0.462 e. The molecular formula is C44H79NO4. The lowest BCUT2D eigenvalue weighted by atomic mass is 9.46. The molecule has 0 bridgehead atoms. The molecule has 0 aliphatic heterocycles. The van der Waals surface area contributed by atoms with Crippen LogP contribution in [0.15, 0.2) is 11.1 Å². The molecule has 3 saturated carbocycles. The average Bonchev–Trinajstić information content (AvgIpc) is 3.41. The molecule has 5 heteroatoms. The van der Waals surface area contributed by atoms with Crippen molar-refractivity contribution < 1.29 is 19.0 Å². The largest absolute Gasteiger partial charge is 0.462 e. The fourth-order valence-corrected chi connectivity index (χ4v) is 11.4. The van der Waals surface area contributed by atoms with Crippen LogP contribution in [-0.4, -0.2) is 63.0 Å². The molecule has 3 fully saturated rings. The van der Waals surface area contributed by atoms with E-state index in [0.29, 0.717) is 5.41 Å². The number of nitrogens with zero attached hydrogens (tertiary/aromatic N) is 1. The van der Waals surface area contributed by atoms with Crippen molar-refractivity contribution in [1.29, 1.82) is 0 Å². The van der Waals surface area contributed by atoms with Crippen LogP contribution in [0.4, 0.5) is 0 Å². The van der Waals surface area contributed by atoms with E-state index in [2.05, 4.69) is 53.4 Å². The van der Waals surface area contributed by atoms with Gasteiger partial charge in [-0.05, 0) is 117 Å². The fourth-order valence-electron chi connectivity index (χ4n) is 11.4. The van der Waals surface area contributed by atoms with Crippen LogP contribution in [0, 0.1) is 46.3 Å². The molecule has 5 nitrogen and oxygen atoms in total. The molecule has 0 N–H and O–H groups in total. The van der Waals surface area contributed by atoms with E-state index in [-0.39, 0.29) is 17.5 Å². The van der Waals surface area contributed by atoms with Gasteiger partial charge in [-0.1, -0.05) is 91.7 Å². The molecule has 0 aromatic rings. The van der Waals surface area contributed by atoms with E-state index in [1.165, 1.54) is 70.6 Å². The molecule has 4 aliphatic carbocycles. The van der Waals surface area contributed by atoms with Gasteiger partial charge in [-0.3, -0.25) is 9.69 Å². The highest BCUT2D eigenvalue weighted by Gasteiger charge is 2.60. The quantitative estimate of drug-likeness (QED) is 0.0645. The molecule has 0 saturated heterocycles. The van der Waals surface area contributed by atoms with E-state index in [0.717, 1.165) is 120 Å². The summed E-state index contributed by atoms with van der Waals surface area (Å²) in [5.41, 5.74) is 4.10. The molecule has 4 aliphatic rings. The number of esters is 1. The minimum absolute atomic E-state index is 0.0379. The summed E-state index contributed by atoms with van der Waals surface area (Å²) in [7, 11) is 0. The van der Waals surface area contributed by atoms with E-state index < -0.39 is 0 Å². The van der Waals surface area contributed by atoms with Crippen molar-refractivity contribution in [1.82, 2.24) is 4.90 Å². The van der Waals surface area contributed by atoms with Crippen LogP contribution in [-0.2, 0) is 19.0 Å². The monoisotopic (exact) mass is 686 g/mol. The number of hydrogen-bond acceptors (Lipinski definition) is 5. The molecule has 49 heavy (non-hydrogen) atoms. The lowest BCUT2D eigenvalue weighted by molar-refractivity contribution is -0.148. The second kappa shape index (κ2) is 19.8. The molecule has 0 aromatic carbocycles. The van der Waals surface area contributed by atoms with Crippen molar-refractivity contribution in [2.45, 2.75) is 171 Å². The number of unbranched alkanes of at least 4 members (excludes halogenated alkanes) is 2. The molecule has 0 unspecified atom stereocenters. The number of ether oxygens (including phenoxy) is 3. The number of hydrogen-bond donors (Lipinski definition) is 0. The Hall–Kier alpha value is -0.910. The number of fused-ring (bicyclic) bond motifs is 5. The lowest BCUT2D eigenvalue weighted by Crippen LogP contribution is -2.52. The van der Waals surface area contributed by atoms with Gasteiger partial charge in [0.05, 0.1) is 0 Å². The highest BCUT2D eigenvalue weighted by Crippen LogP contribution is 2.68. The third-order valence-corrected chi connectivity index (χ3v) is 14.0. The zero-order chi connectivity index (χ0) is 35.4. The van der Waals surface area contributed by atoms with Crippen molar-refractivity contribution in [2.24, 2.45) is 46.3 Å². The van der Waals surface area contributed by atoms with Crippen molar-refractivity contribution in [2.75, 3.05) is 46.1 Å². The van der Waals surface area contributed by atoms with Crippen LogP contribution in [0.5, 0.6) is 0 Å². The summed E-state index contributed by atoms with van der Waals surface area (Å²) >= 11 is 0. The predicted molar refractivity (Wildman–Crippen MR) is 205 cm³/mol. The van der Waals surface area contributed by atoms with Gasteiger partial charge in [0.15, 0.2) is 0 Å². The van der Waals surface area contributed by atoms with Gasteiger partial charge < -0.3 is 14.2 Å². The first-order valence-corrected chi connectivity index (χ1v) is 21.3. The molecule has 0 amide bonds. The summed E-state index contributed by atoms with van der Waals surface area (Å²) in [6.45, 7) is 25.5. The third-order valence-electron chi connectivity index (χ3n) is 14.0. The Morgan fingerprint density at radius 2 is 1.45 bits per heavy atom. The van der Waals surface area contributed by atoms with Crippen molar-refractivity contribution >= 4 is 5.97 Å². The maximum Gasteiger partial charge on any atom is 0.302 e. The van der Waals surface area contributed by atoms with Crippen molar-refractivity contribution in [3.05, 3.63) is 11.1 Å². The van der Waals surface area contributed by atoms with Crippen LogP contribution in [0.25, 0.3) is 0 Å². The summed E-state index contributed by atoms with van der Waals surface area (Å²) < 4.78 is 18.0. The topological polar surface area (TPSA) is 48.0 Å². The third kappa shape index (κ3) is 10.8. The Balaban J connectivity index is 1.56. The highest BCUT2D eigenvalue weighted by molar-refractivity contribution is 5.66. The number of rotatable bonds is 22. The summed E-state index contributed by atoms with van der Waals surface area (Å²) in [6.07, 6.45) is 21.1. The van der Waals surface area contributed by atoms with Gasteiger partial charge in [0.2, 0.25) is 0 Å². The van der Waals surface area contributed by atoms with E-state index >= 15 is 0 Å². The van der Waals surface area contributed by atoms with Crippen LogP contribution in [0.3, 0.4) is 0 Å². The fraction of sp³-hybridized carbons (Fsp3) is 0.932. The Kier molecular flexibility index (Phi) is 16.5. The maximum atomic E-state index is 12.1. The van der Waals surface area contributed by atoms with Gasteiger partial charge in [0.1, 0.15) is 6.10 Å². The van der Waals surface area contributed by atoms with Gasteiger partial charge in [-0.25, -0.2) is 0 Å². The number of carbonyl (C=O) groups excluding carboxylic acids is 1. The maximum absolute atomic E-state index is 12.1. The molecule has 4 rings (SSSR count). The van der Waals surface area contributed by atoms with Crippen LogP contribution in [0.2, 0.25) is 0 Å². The first-order chi connectivity index (χ1) is 23.5.